The molecule has 0 aliphatic heterocycles. The molecule has 10 heteroatoms. The molecule has 3 N–H and O–H groups in total. The Morgan fingerprint density at radius 2 is 1.74 bits per heavy atom. The molecule has 0 bridgehead atoms. The molecule has 2 aromatic carbocycles. The molecule has 1 fully saturated rings. The van der Waals surface area contributed by atoms with Crippen molar-refractivity contribution >= 4 is 46.7 Å². The lowest BCUT2D eigenvalue weighted by molar-refractivity contribution is -0.152. The van der Waals surface area contributed by atoms with E-state index in [1.54, 1.807) is 6.92 Å². The van der Waals surface area contributed by atoms with E-state index in [0.717, 1.165) is 25.7 Å². The number of esters is 1. The number of nitrogens with one attached hydrogen (secondary N) is 2. The first-order valence-corrected chi connectivity index (χ1v) is 12.2. The number of phenols is 1. The van der Waals surface area contributed by atoms with Crippen LogP contribution < -0.4 is 15.4 Å². The van der Waals surface area contributed by atoms with Gasteiger partial charge in [-0.15, -0.1) is 0 Å². The Balaban J connectivity index is 1.73. The van der Waals surface area contributed by atoms with Gasteiger partial charge in [0.15, 0.2) is 5.75 Å². The van der Waals surface area contributed by atoms with E-state index in [1.165, 1.54) is 36.8 Å². The first-order chi connectivity index (χ1) is 16.7. The summed E-state index contributed by atoms with van der Waals surface area (Å²) in [6.07, 6.45) is 5.69. The third-order valence-corrected chi connectivity index (χ3v) is 6.43. The van der Waals surface area contributed by atoms with Crippen molar-refractivity contribution in [2.75, 3.05) is 11.9 Å². The van der Waals surface area contributed by atoms with Crippen LogP contribution in [0.1, 0.15) is 56.3 Å². The molecular formula is C25H28Cl2N2O6. The Hall–Kier alpha value is -2.97. The molecule has 35 heavy (non-hydrogen) atoms. The van der Waals surface area contributed by atoms with Gasteiger partial charge in [0, 0.05) is 11.7 Å². The molecule has 1 saturated carbocycles. The van der Waals surface area contributed by atoms with E-state index in [0.29, 0.717) is 5.92 Å². The van der Waals surface area contributed by atoms with Crippen LogP contribution in [0.3, 0.4) is 0 Å². The maximum atomic E-state index is 12.8. The number of anilines is 1. The van der Waals surface area contributed by atoms with Crippen LogP contribution in [-0.2, 0) is 14.3 Å². The Labute approximate surface area is 213 Å². The van der Waals surface area contributed by atoms with Gasteiger partial charge in [0.1, 0.15) is 11.5 Å². The second-order valence-corrected chi connectivity index (χ2v) is 9.20. The molecule has 3 rings (SSSR count). The van der Waals surface area contributed by atoms with Gasteiger partial charge in [0.25, 0.3) is 5.91 Å². The smallest absolute Gasteiger partial charge is 0.397 e. The summed E-state index contributed by atoms with van der Waals surface area (Å²) < 4.78 is 10.4. The van der Waals surface area contributed by atoms with Gasteiger partial charge in [-0.3, -0.25) is 9.59 Å². The molecule has 0 radical (unpaired) electrons. The van der Waals surface area contributed by atoms with Crippen molar-refractivity contribution in [1.82, 2.24) is 5.32 Å². The molecule has 1 aliphatic carbocycles. The van der Waals surface area contributed by atoms with Gasteiger partial charge in [0.05, 0.1) is 22.2 Å². The summed E-state index contributed by atoms with van der Waals surface area (Å²) in [5.41, 5.74) is 0.239. The number of carbonyl (C=O) groups is 3. The SMILES string of the molecule is CCOC(=O)C(=O)Nc1cc(Cl)c(Oc2ccc(O)c(C(=O)N[C@@H](C)C3CCCCC3)c2)c(Cl)c1. The van der Waals surface area contributed by atoms with E-state index in [-0.39, 0.29) is 51.2 Å². The first kappa shape index (κ1) is 26.6. The molecule has 0 heterocycles. The predicted octanol–water partition coefficient (Wildman–Crippen LogP) is 5.69. The van der Waals surface area contributed by atoms with Crippen LogP contribution in [0.15, 0.2) is 30.3 Å². The summed E-state index contributed by atoms with van der Waals surface area (Å²) in [7, 11) is 0. The summed E-state index contributed by atoms with van der Waals surface area (Å²) in [5, 5.41) is 15.7. The average molecular weight is 523 g/mol. The molecule has 188 valence electrons. The first-order valence-electron chi connectivity index (χ1n) is 11.5. The number of carbonyl (C=O) groups excluding carboxylic acids is 3. The van der Waals surface area contributed by atoms with E-state index in [1.807, 2.05) is 6.92 Å². The lowest BCUT2D eigenvalue weighted by Gasteiger charge is -2.28. The number of phenolic OH excluding ortho intramolecular Hbond substituents is 1. The van der Waals surface area contributed by atoms with Crippen molar-refractivity contribution in [2.24, 2.45) is 5.92 Å². The maximum absolute atomic E-state index is 12.8. The minimum atomic E-state index is -1.03. The highest BCUT2D eigenvalue weighted by Gasteiger charge is 2.24. The Morgan fingerprint density at radius 3 is 2.37 bits per heavy atom. The highest BCUT2D eigenvalue weighted by atomic mass is 35.5. The van der Waals surface area contributed by atoms with E-state index >= 15 is 0 Å². The van der Waals surface area contributed by atoms with Gasteiger partial charge in [0.2, 0.25) is 0 Å². The van der Waals surface area contributed by atoms with Crippen LogP contribution in [0, 0.1) is 5.92 Å². The number of ether oxygens (including phenoxy) is 2. The van der Waals surface area contributed by atoms with Crippen LogP contribution in [0.2, 0.25) is 10.0 Å². The number of hydrogen-bond donors (Lipinski definition) is 3. The Bertz CT molecular complexity index is 1080. The van der Waals surface area contributed by atoms with Crippen molar-refractivity contribution < 1.29 is 29.0 Å². The quantitative estimate of drug-likeness (QED) is 0.317. The van der Waals surface area contributed by atoms with Gasteiger partial charge in [-0.1, -0.05) is 42.5 Å². The normalized spacial score (nSPS) is 14.6. The van der Waals surface area contributed by atoms with E-state index < -0.39 is 17.8 Å². The van der Waals surface area contributed by atoms with Crippen LogP contribution >= 0.6 is 23.2 Å². The second kappa shape index (κ2) is 12.1. The van der Waals surface area contributed by atoms with Gasteiger partial charge < -0.3 is 25.2 Å². The number of hydrogen-bond acceptors (Lipinski definition) is 6. The zero-order chi connectivity index (χ0) is 25.5. The van der Waals surface area contributed by atoms with Gasteiger partial charge in [-0.2, -0.15) is 0 Å². The lowest BCUT2D eigenvalue weighted by Crippen LogP contribution is -2.38. The number of benzene rings is 2. The fourth-order valence-electron chi connectivity index (χ4n) is 4.02. The fraction of sp³-hybridized carbons (Fsp3) is 0.400. The second-order valence-electron chi connectivity index (χ2n) is 8.38. The summed E-state index contributed by atoms with van der Waals surface area (Å²) >= 11 is 12.6. The van der Waals surface area contributed by atoms with Crippen molar-refractivity contribution in [2.45, 2.75) is 52.0 Å². The third-order valence-electron chi connectivity index (χ3n) is 5.87. The van der Waals surface area contributed by atoms with Crippen LogP contribution in [0.5, 0.6) is 17.2 Å². The number of halogens is 2. The molecule has 8 nitrogen and oxygen atoms in total. The maximum Gasteiger partial charge on any atom is 0.397 e. The van der Waals surface area contributed by atoms with Crippen molar-refractivity contribution in [3.63, 3.8) is 0 Å². The Kier molecular flexibility index (Phi) is 9.23. The summed E-state index contributed by atoms with van der Waals surface area (Å²) in [5.74, 6) is -1.87. The monoisotopic (exact) mass is 522 g/mol. The molecule has 0 aromatic heterocycles. The molecule has 1 atom stereocenters. The summed E-state index contributed by atoms with van der Waals surface area (Å²) in [4.78, 5) is 36.2. The number of amides is 2. The number of rotatable bonds is 7. The molecule has 2 amide bonds. The Morgan fingerprint density at radius 1 is 1.09 bits per heavy atom. The van der Waals surface area contributed by atoms with Crippen molar-refractivity contribution in [3.05, 3.63) is 45.9 Å². The standard InChI is InChI=1S/C25H28Cl2N2O6/c1-3-34-25(33)24(32)29-16-11-19(26)22(20(27)12-16)35-17-9-10-21(30)18(13-17)23(31)28-14(2)15-7-5-4-6-8-15/h9-15,30H,3-8H2,1-2H3,(H,28,31)(H,29,32)/t14-/m0/s1. The van der Waals surface area contributed by atoms with Crippen LogP contribution in [0.4, 0.5) is 5.69 Å². The topological polar surface area (TPSA) is 114 Å². The molecule has 1 aliphatic rings. The number of aromatic hydroxyl groups is 1. The van der Waals surface area contributed by atoms with Crippen molar-refractivity contribution in [1.29, 1.82) is 0 Å². The van der Waals surface area contributed by atoms with Gasteiger partial charge in [-0.05, 0) is 62.9 Å². The molecule has 0 spiro atoms. The summed E-state index contributed by atoms with van der Waals surface area (Å²) in [6.45, 7) is 3.63. The third kappa shape index (κ3) is 7.02. The highest BCUT2D eigenvalue weighted by Crippen LogP contribution is 2.39. The van der Waals surface area contributed by atoms with E-state index in [4.69, 9.17) is 27.9 Å². The van der Waals surface area contributed by atoms with Crippen LogP contribution in [-0.4, -0.2) is 35.5 Å². The van der Waals surface area contributed by atoms with Crippen LogP contribution in [0.25, 0.3) is 0 Å². The summed E-state index contributed by atoms with van der Waals surface area (Å²) in [6, 6.07) is 6.93. The minimum Gasteiger partial charge on any atom is -0.507 e. The molecule has 0 saturated heterocycles. The zero-order valence-corrected chi connectivity index (χ0v) is 21.0. The molecule has 2 aromatic rings. The lowest BCUT2D eigenvalue weighted by atomic mass is 9.84. The average Bonchev–Trinajstić information content (AvgIpc) is 2.83. The zero-order valence-electron chi connectivity index (χ0n) is 19.5. The largest absolute Gasteiger partial charge is 0.507 e. The molecule has 0 unspecified atom stereocenters. The molecular weight excluding hydrogens is 495 g/mol. The van der Waals surface area contributed by atoms with E-state index in [9.17, 15) is 19.5 Å². The van der Waals surface area contributed by atoms with E-state index in [2.05, 4.69) is 15.4 Å². The van der Waals surface area contributed by atoms with Gasteiger partial charge >= 0.3 is 11.9 Å². The highest BCUT2D eigenvalue weighted by molar-refractivity contribution is 6.39. The predicted molar refractivity (Wildman–Crippen MR) is 133 cm³/mol. The minimum absolute atomic E-state index is 0.0203. The van der Waals surface area contributed by atoms with Gasteiger partial charge in [-0.25, -0.2) is 4.79 Å². The van der Waals surface area contributed by atoms with Crippen molar-refractivity contribution in [3.8, 4) is 17.2 Å². The fourth-order valence-corrected chi connectivity index (χ4v) is 4.59.